The number of benzene rings is 1. The minimum atomic E-state index is -3.77. The third kappa shape index (κ3) is 4.28. The van der Waals surface area contributed by atoms with Crippen molar-refractivity contribution in [1.82, 2.24) is 0 Å². The molecule has 0 saturated carbocycles. The van der Waals surface area contributed by atoms with Crippen molar-refractivity contribution in [3.63, 3.8) is 0 Å². The number of methoxy groups -OCH3 is 2. The van der Waals surface area contributed by atoms with Crippen molar-refractivity contribution in [2.75, 3.05) is 26.0 Å². The van der Waals surface area contributed by atoms with Gasteiger partial charge in [0.1, 0.15) is 5.69 Å². The molecule has 0 aliphatic rings. The number of hydrogen-bond donors (Lipinski definition) is 2. The summed E-state index contributed by atoms with van der Waals surface area (Å²) in [6.07, 6.45) is 0.513. The van der Waals surface area contributed by atoms with Crippen LogP contribution in [0.4, 0.5) is 5.69 Å². The Morgan fingerprint density at radius 1 is 1.30 bits per heavy atom. The van der Waals surface area contributed by atoms with Gasteiger partial charge in [-0.05, 0) is 11.6 Å². The van der Waals surface area contributed by atoms with Crippen LogP contribution in [0.3, 0.4) is 0 Å². The highest BCUT2D eigenvalue weighted by atomic mass is 32.2. The van der Waals surface area contributed by atoms with Gasteiger partial charge in [-0.2, -0.15) is 12.7 Å². The lowest BCUT2D eigenvalue weighted by Crippen LogP contribution is -2.13. The first kappa shape index (κ1) is 16.1. The molecule has 0 spiro atoms. The number of nitrogens with one attached hydrogen (secondary N) is 1. The van der Waals surface area contributed by atoms with Crippen LogP contribution in [0.2, 0.25) is 0 Å². The van der Waals surface area contributed by atoms with E-state index in [1.165, 1.54) is 26.4 Å². The van der Waals surface area contributed by atoms with E-state index in [9.17, 15) is 13.2 Å². The van der Waals surface area contributed by atoms with Gasteiger partial charge in [-0.3, -0.25) is 4.79 Å². The molecule has 0 atom stereocenters. The molecule has 0 bridgehead atoms. The van der Waals surface area contributed by atoms with Crippen molar-refractivity contribution in [2.45, 2.75) is 6.42 Å². The average Bonchev–Trinajstić information content (AvgIpc) is 2.34. The van der Waals surface area contributed by atoms with Crippen LogP contribution in [0.15, 0.2) is 12.1 Å². The zero-order valence-corrected chi connectivity index (χ0v) is 12.0. The van der Waals surface area contributed by atoms with Crippen LogP contribution in [0.1, 0.15) is 5.56 Å². The molecule has 0 aromatic heterocycles. The molecule has 20 heavy (non-hydrogen) atoms. The third-order valence-corrected chi connectivity index (χ3v) is 2.65. The Labute approximate surface area is 116 Å². The first-order chi connectivity index (χ1) is 9.28. The highest BCUT2D eigenvalue weighted by Crippen LogP contribution is 2.38. The van der Waals surface area contributed by atoms with Gasteiger partial charge in [0.2, 0.25) is 0 Å². The van der Waals surface area contributed by atoms with Crippen LogP contribution in [0.25, 0.3) is 0 Å². The molecular weight excluding hydrogens is 290 g/mol. The molecular formula is C11H15NO7S. The average molecular weight is 305 g/mol. The van der Waals surface area contributed by atoms with Gasteiger partial charge in [0.05, 0.1) is 26.9 Å². The maximum absolute atomic E-state index is 11.0. The summed E-state index contributed by atoms with van der Waals surface area (Å²) < 4.78 is 36.7. The summed E-state index contributed by atoms with van der Waals surface area (Å²) in [6, 6.07) is 2.99. The Balaban J connectivity index is 3.27. The summed E-state index contributed by atoms with van der Waals surface area (Å²) in [5, 5.41) is 8.85. The second-order valence-corrected chi connectivity index (χ2v) is 5.37. The summed E-state index contributed by atoms with van der Waals surface area (Å²) >= 11 is 0. The van der Waals surface area contributed by atoms with Crippen molar-refractivity contribution < 1.29 is 32.1 Å². The Morgan fingerprint density at radius 2 is 1.95 bits per heavy atom. The van der Waals surface area contributed by atoms with E-state index in [-0.39, 0.29) is 17.9 Å². The van der Waals surface area contributed by atoms with E-state index >= 15 is 0 Å². The van der Waals surface area contributed by atoms with Gasteiger partial charge in [-0.15, -0.1) is 0 Å². The number of carboxylic acid groups (broad SMARTS) is 1. The van der Waals surface area contributed by atoms with Crippen LogP contribution in [0.5, 0.6) is 11.5 Å². The van der Waals surface area contributed by atoms with Crippen molar-refractivity contribution in [1.29, 1.82) is 0 Å². The van der Waals surface area contributed by atoms with Gasteiger partial charge in [0.25, 0.3) is 10.1 Å². The van der Waals surface area contributed by atoms with Crippen LogP contribution < -0.4 is 15.0 Å². The van der Waals surface area contributed by atoms with Crippen molar-refractivity contribution in [2.24, 2.45) is 0 Å². The summed E-state index contributed by atoms with van der Waals surface area (Å²) in [5.41, 5.74) is 2.57. The molecule has 0 aliphatic carbocycles. The van der Waals surface area contributed by atoms with Gasteiger partial charge < -0.3 is 14.6 Å². The van der Waals surface area contributed by atoms with Gasteiger partial charge in [-0.1, -0.05) is 6.07 Å². The molecule has 0 aliphatic heterocycles. The van der Waals surface area contributed by atoms with Crippen molar-refractivity contribution in [3.05, 3.63) is 17.7 Å². The molecule has 1 aromatic rings. The number of hydrogen-bond acceptors (Lipinski definition) is 7. The molecule has 0 amide bonds. The molecule has 0 saturated heterocycles. The Bertz CT molecular complexity index is 597. The fourth-order valence-corrected chi connectivity index (χ4v) is 1.74. The van der Waals surface area contributed by atoms with Gasteiger partial charge in [0.15, 0.2) is 11.5 Å². The van der Waals surface area contributed by atoms with E-state index < -0.39 is 16.1 Å². The van der Waals surface area contributed by atoms with E-state index in [0.717, 1.165) is 6.26 Å². The minimum absolute atomic E-state index is 0.0830. The molecule has 0 radical (unpaired) electrons. The first-order valence-corrected chi connectivity index (χ1v) is 7.20. The summed E-state index contributed by atoms with van der Waals surface area (Å²) in [6.45, 7) is 0. The maximum Gasteiger partial charge on any atom is 0.307 e. The maximum atomic E-state index is 11.0. The van der Waals surface area contributed by atoms with Crippen LogP contribution in [-0.4, -0.2) is 40.0 Å². The van der Waals surface area contributed by atoms with Crippen LogP contribution in [0, 0.1) is 0 Å². The van der Waals surface area contributed by atoms with Crippen molar-refractivity contribution in [3.8, 4) is 11.5 Å². The molecule has 2 N–H and O–H groups in total. The normalized spacial score (nSPS) is 10.9. The SMILES string of the molecule is COc1ccc(CC(=O)O)c(NOS(C)(=O)=O)c1OC. The highest BCUT2D eigenvalue weighted by molar-refractivity contribution is 7.86. The monoisotopic (exact) mass is 305 g/mol. The molecule has 0 fully saturated rings. The van der Waals surface area contributed by atoms with E-state index in [0.29, 0.717) is 11.3 Å². The minimum Gasteiger partial charge on any atom is -0.493 e. The second-order valence-electron chi connectivity index (χ2n) is 3.80. The predicted octanol–water partition coefficient (Wildman–Crippen LogP) is 0.634. The molecule has 0 unspecified atom stereocenters. The second kappa shape index (κ2) is 6.44. The molecule has 1 aromatic carbocycles. The topological polar surface area (TPSA) is 111 Å². The van der Waals surface area contributed by atoms with Crippen LogP contribution in [-0.2, 0) is 25.6 Å². The molecule has 1 rings (SSSR count). The fourth-order valence-electron chi connectivity index (χ4n) is 1.51. The highest BCUT2D eigenvalue weighted by Gasteiger charge is 2.18. The lowest BCUT2D eigenvalue weighted by molar-refractivity contribution is -0.136. The molecule has 0 heterocycles. The number of carboxylic acids is 1. The van der Waals surface area contributed by atoms with Gasteiger partial charge in [-0.25, -0.2) is 5.48 Å². The van der Waals surface area contributed by atoms with E-state index in [4.69, 9.17) is 14.6 Å². The molecule has 112 valence electrons. The Morgan fingerprint density at radius 3 is 2.40 bits per heavy atom. The van der Waals surface area contributed by atoms with E-state index in [1.807, 2.05) is 0 Å². The fraction of sp³-hybridized carbons (Fsp3) is 0.364. The van der Waals surface area contributed by atoms with Gasteiger partial charge in [0, 0.05) is 0 Å². The number of carbonyl (C=O) groups is 1. The van der Waals surface area contributed by atoms with Crippen LogP contribution >= 0.6 is 0 Å². The summed E-state index contributed by atoms with van der Waals surface area (Å²) in [4.78, 5) is 10.8. The third-order valence-electron chi connectivity index (χ3n) is 2.27. The van der Waals surface area contributed by atoms with Gasteiger partial charge >= 0.3 is 5.97 Å². The number of ether oxygens (including phenoxy) is 2. The van der Waals surface area contributed by atoms with E-state index in [1.54, 1.807) is 0 Å². The predicted molar refractivity (Wildman–Crippen MR) is 70.4 cm³/mol. The summed E-state index contributed by atoms with van der Waals surface area (Å²) in [5.74, 6) is -0.629. The number of rotatable bonds is 7. The molecule has 8 nitrogen and oxygen atoms in total. The van der Waals surface area contributed by atoms with E-state index in [2.05, 4.69) is 9.76 Å². The lowest BCUT2D eigenvalue weighted by Gasteiger charge is -2.16. The zero-order valence-electron chi connectivity index (χ0n) is 11.2. The number of anilines is 1. The standard InChI is InChI=1S/C11H15NO7S/c1-17-8-5-4-7(6-9(13)14)10(11(8)18-2)12-19-20(3,15)16/h4-5,12H,6H2,1-3H3,(H,13,14). The summed E-state index contributed by atoms with van der Waals surface area (Å²) in [7, 11) is -1.03. The smallest absolute Gasteiger partial charge is 0.307 e. The van der Waals surface area contributed by atoms with Crippen molar-refractivity contribution >= 4 is 21.8 Å². The largest absolute Gasteiger partial charge is 0.493 e. The quantitative estimate of drug-likeness (QED) is 0.706. The Kier molecular flexibility index (Phi) is 5.17. The zero-order chi connectivity index (χ0) is 15.3. The first-order valence-electron chi connectivity index (χ1n) is 5.38. The number of aliphatic carboxylic acids is 1. The molecule has 9 heteroatoms. The Hall–Kier alpha value is -2.00. The lowest BCUT2D eigenvalue weighted by atomic mass is 10.1.